The van der Waals surface area contributed by atoms with Gasteiger partial charge in [-0.2, -0.15) is 0 Å². The van der Waals surface area contributed by atoms with Crippen LogP contribution in [0.15, 0.2) is 35.0 Å². The van der Waals surface area contributed by atoms with Crippen LogP contribution < -0.4 is 10.2 Å². The van der Waals surface area contributed by atoms with Crippen molar-refractivity contribution in [2.24, 2.45) is 5.41 Å². The van der Waals surface area contributed by atoms with Gasteiger partial charge in [0.05, 0.1) is 4.71 Å². The van der Waals surface area contributed by atoms with Crippen molar-refractivity contribution in [2.75, 3.05) is 16.8 Å². The van der Waals surface area contributed by atoms with Crippen LogP contribution in [0, 0.1) is 19.3 Å². The molecule has 0 bridgehead atoms. The molecule has 2 aliphatic rings. The highest BCUT2D eigenvalue weighted by Crippen LogP contribution is 2.46. The summed E-state index contributed by atoms with van der Waals surface area (Å²) in [6.07, 6.45) is 5.62. The fourth-order valence-corrected chi connectivity index (χ4v) is 5.73. The van der Waals surface area contributed by atoms with Gasteiger partial charge in [-0.15, -0.1) is 23.4 Å². The summed E-state index contributed by atoms with van der Waals surface area (Å²) < 4.78 is 0.194. The van der Waals surface area contributed by atoms with Gasteiger partial charge in [-0.25, -0.2) is 0 Å². The third kappa shape index (κ3) is 5.06. The summed E-state index contributed by atoms with van der Waals surface area (Å²) in [7, 11) is 0. The van der Waals surface area contributed by atoms with Gasteiger partial charge in [0.15, 0.2) is 0 Å². The number of anilines is 2. The van der Waals surface area contributed by atoms with Crippen LogP contribution in [0.25, 0.3) is 0 Å². The number of aryl methyl sites for hydroxylation is 2. The third-order valence-corrected chi connectivity index (χ3v) is 6.75. The Bertz CT molecular complexity index is 737. The molecule has 0 saturated carbocycles. The molecule has 0 amide bonds. The molecule has 3 rings (SSSR count). The highest BCUT2D eigenvalue weighted by molar-refractivity contribution is 8.05. The average Bonchev–Trinajstić information content (AvgIpc) is 2.78. The topological polar surface area (TPSA) is 15.3 Å². The third-order valence-electron chi connectivity index (χ3n) is 5.18. The van der Waals surface area contributed by atoms with E-state index in [4.69, 9.17) is 11.6 Å². The number of nitrogens with one attached hydrogen (secondary N) is 1. The molecule has 1 atom stereocenters. The second kappa shape index (κ2) is 8.13. The van der Waals surface area contributed by atoms with Gasteiger partial charge >= 0.3 is 0 Å². The SMILES string of the molecule is C=C(CC(C)(C)C)Nc1c(C)cc(N2CCCCC3=C2CC(Cl)S3)cc1C. The van der Waals surface area contributed by atoms with E-state index in [-0.39, 0.29) is 10.1 Å². The van der Waals surface area contributed by atoms with E-state index in [0.29, 0.717) is 0 Å². The number of halogens is 1. The minimum Gasteiger partial charge on any atom is -0.359 e. The zero-order chi connectivity index (χ0) is 19.8. The van der Waals surface area contributed by atoms with E-state index in [1.807, 2.05) is 11.8 Å². The monoisotopic (exact) mass is 404 g/mol. The lowest BCUT2D eigenvalue weighted by Gasteiger charge is -2.28. The average molecular weight is 405 g/mol. The van der Waals surface area contributed by atoms with Gasteiger partial charge < -0.3 is 10.2 Å². The molecule has 1 aromatic rings. The number of allylic oxidation sites excluding steroid dienone is 3. The van der Waals surface area contributed by atoms with E-state index in [0.717, 1.165) is 25.1 Å². The number of benzene rings is 1. The zero-order valence-electron chi connectivity index (χ0n) is 17.4. The Kier molecular flexibility index (Phi) is 6.22. The minimum atomic E-state index is 0.194. The molecular weight excluding hydrogens is 372 g/mol. The Balaban J connectivity index is 1.86. The molecule has 1 unspecified atom stereocenters. The molecule has 2 nitrogen and oxygen atoms in total. The van der Waals surface area contributed by atoms with Gasteiger partial charge in [0.1, 0.15) is 0 Å². The van der Waals surface area contributed by atoms with Crippen molar-refractivity contribution in [2.45, 2.75) is 71.4 Å². The lowest BCUT2D eigenvalue weighted by atomic mass is 9.90. The molecule has 2 aliphatic heterocycles. The van der Waals surface area contributed by atoms with Gasteiger partial charge in [0, 0.05) is 40.6 Å². The van der Waals surface area contributed by atoms with Crippen molar-refractivity contribution in [1.29, 1.82) is 0 Å². The lowest BCUT2D eigenvalue weighted by Crippen LogP contribution is -2.23. The Labute approximate surface area is 174 Å². The van der Waals surface area contributed by atoms with Crippen LogP contribution in [0.3, 0.4) is 0 Å². The molecule has 148 valence electrons. The van der Waals surface area contributed by atoms with Crippen LogP contribution in [0.2, 0.25) is 0 Å². The van der Waals surface area contributed by atoms with E-state index in [2.05, 4.69) is 63.5 Å². The van der Waals surface area contributed by atoms with Crippen LogP contribution in [-0.2, 0) is 0 Å². The predicted octanol–water partition coefficient (Wildman–Crippen LogP) is 7.57. The number of hydrogen-bond acceptors (Lipinski definition) is 3. The maximum Gasteiger partial charge on any atom is 0.0888 e. The van der Waals surface area contributed by atoms with E-state index in [9.17, 15) is 0 Å². The number of thioether (sulfide) groups is 1. The molecule has 0 saturated heterocycles. The Morgan fingerprint density at radius 1 is 1.26 bits per heavy atom. The smallest absolute Gasteiger partial charge is 0.0888 e. The van der Waals surface area contributed by atoms with Crippen molar-refractivity contribution >= 4 is 34.7 Å². The van der Waals surface area contributed by atoms with Crippen LogP contribution in [0.4, 0.5) is 11.4 Å². The largest absolute Gasteiger partial charge is 0.359 e. The summed E-state index contributed by atoms with van der Waals surface area (Å²) in [4.78, 5) is 4.02. The Morgan fingerprint density at radius 3 is 2.56 bits per heavy atom. The van der Waals surface area contributed by atoms with Crippen molar-refractivity contribution < 1.29 is 0 Å². The molecule has 1 N–H and O–H groups in total. The van der Waals surface area contributed by atoms with Crippen LogP contribution in [0.5, 0.6) is 0 Å². The van der Waals surface area contributed by atoms with E-state index in [1.54, 1.807) is 0 Å². The maximum absolute atomic E-state index is 6.47. The number of hydrogen-bond donors (Lipinski definition) is 1. The molecule has 0 spiro atoms. The molecule has 2 heterocycles. The molecule has 4 heteroatoms. The van der Waals surface area contributed by atoms with Crippen molar-refractivity contribution in [3.8, 4) is 0 Å². The highest BCUT2D eigenvalue weighted by Gasteiger charge is 2.29. The van der Waals surface area contributed by atoms with Crippen LogP contribution in [0.1, 0.15) is 64.0 Å². The fourth-order valence-electron chi connectivity index (χ4n) is 4.12. The summed E-state index contributed by atoms with van der Waals surface area (Å²) in [6.45, 7) is 16.5. The lowest BCUT2D eigenvalue weighted by molar-refractivity contribution is 0.411. The highest BCUT2D eigenvalue weighted by atomic mass is 35.5. The molecule has 0 radical (unpaired) electrons. The number of nitrogens with zero attached hydrogens (tertiary/aromatic N) is 1. The van der Waals surface area contributed by atoms with Crippen LogP contribution >= 0.6 is 23.4 Å². The van der Waals surface area contributed by atoms with E-state index in [1.165, 1.54) is 52.4 Å². The van der Waals surface area contributed by atoms with Crippen molar-refractivity contribution in [3.05, 3.63) is 46.1 Å². The van der Waals surface area contributed by atoms with E-state index < -0.39 is 0 Å². The molecule has 0 aromatic heterocycles. The first-order valence-electron chi connectivity index (χ1n) is 10.0. The summed E-state index contributed by atoms with van der Waals surface area (Å²) in [5.41, 5.74) is 7.83. The second-order valence-electron chi connectivity index (χ2n) is 9.13. The predicted molar refractivity (Wildman–Crippen MR) is 123 cm³/mol. The van der Waals surface area contributed by atoms with Gasteiger partial charge in [-0.3, -0.25) is 0 Å². The number of rotatable bonds is 4. The first kappa shape index (κ1) is 20.7. The van der Waals surface area contributed by atoms with Gasteiger partial charge in [0.25, 0.3) is 0 Å². The molecule has 1 aromatic carbocycles. The zero-order valence-corrected chi connectivity index (χ0v) is 19.0. The maximum atomic E-state index is 6.47. The molecule has 0 aliphatic carbocycles. The molecule has 27 heavy (non-hydrogen) atoms. The number of alkyl halides is 1. The van der Waals surface area contributed by atoms with Crippen LogP contribution in [-0.4, -0.2) is 11.3 Å². The summed E-state index contributed by atoms with van der Waals surface area (Å²) in [6, 6.07) is 4.64. The first-order chi connectivity index (χ1) is 12.6. The normalized spacial score (nSPS) is 20.5. The quantitative estimate of drug-likeness (QED) is 0.521. The molecule has 0 fully saturated rings. The van der Waals surface area contributed by atoms with Gasteiger partial charge in [-0.05, 0) is 68.2 Å². The minimum absolute atomic E-state index is 0.194. The van der Waals surface area contributed by atoms with Crippen molar-refractivity contribution in [1.82, 2.24) is 0 Å². The summed E-state index contributed by atoms with van der Waals surface area (Å²) in [5, 5.41) is 3.58. The summed E-state index contributed by atoms with van der Waals surface area (Å²) in [5.74, 6) is 0. The fraction of sp³-hybridized carbons (Fsp3) is 0.565. The second-order valence-corrected chi connectivity index (χ2v) is 11.2. The first-order valence-corrected chi connectivity index (χ1v) is 11.3. The Hall–Kier alpha value is -1.06. The van der Waals surface area contributed by atoms with Crippen molar-refractivity contribution in [3.63, 3.8) is 0 Å². The Morgan fingerprint density at radius 2 is 1.93 bits per heavy atom. The van der Waals surface area contributed by atoms with Gasteiger partial charge in [-0.1, -0.05) is 27.4 Å². The summed E-state index contributed by atoms with van der Waals surface area (Å²) >= 11 is 8.33. The van der Waals surface area contributed by atoms with Gasteiger partial charge in [0.2, 0.25) is 0 Å². The van der Waals surface area contributed by atoms with E-state index >= 15 is 0 Å². The molecular formula is C23H33ClN2S. The standard InChI is InChI=1S/C23H33ClN2S/c1-15-11-18(12-16(2)22(15)25-17(3)14-23(4,5)6)26-10-8-7-9-20-19(26)13-21(24)27-20/h11-12,21,25H,3,7-10,13-14H2,1-2,4-6H3.